The first-order chi connectivity index (χ1) is 8.51. The summed E-state index contributed by atoms with van der Waals surface area (Å²) in [5.41, 5.74) is 0. The second-order valence-electron chi connectivity index (χ2n) is 4.58. The Bertz CT molecular complexity index is 253. The number of carbonyl (C=O) groups is 2. The van der Waals surface area contributed by atoms with Crippen molar-refractivity contribution < 1.29 is 19.1 Å². The summed E-state index contributed by atoms with van der Waals surface area (Å²) in [6, 6.07) is -0.607. The number of hydrogen-bond acceptors (Lipinski definition) is 4. The van der Waals surface area contributed by atoms with Crippen molar-refractivity contribution in [2.24, 2.45) is 5.92 Å². The van der Waals surface area contributed by atoms with Crippen molar-refractivity contribution in [1.82, 2.24) is 5.32 Å². The monoisotopic (exact) mass is 259 g/mol. The van der Waals surface area contributed by atoms with Crippen molar-refractivity contribution in [3.63, 3.8) is 0 Å². The normalized spacial score (nSPS) is 12.1. The molecule has 0 aliphatic heterocycles. The predicted molar refractivity (Wildman–Crippen MR) is 69.3 cm³/mol. The Morgan fingerprint density at radius 2 is 1.83 bits per heavy atom. The SMILES string of the molecule is CCCCC(NC(=O)OCC(C)C)C(=O)OCC. The zero-order chi connectivity index (χ0) is 14.0. The molecule has 106 valence electrons. The summed E-state index contributed by atoms with van der Waals surface area (Å²) >= 11 is 0. The summed E-state index contributed by atoms with van der Waals surface area (Å²) in [6.07, 6.45) is 1.83. The second kappa shape index (κ2) is 9.74. The number of alkyl carbamates (subject to hydrolysis) is 1. The average molecular weight is 259 g/mol. The molecule has 0 aromatic heterocycles. The molecular formula is C13H25NO4. The molecular weight excluding hydrogens is 234 g/mol. The van der Waals surface area contributed by atoms with Gasteiger partial charge in [-0.1, -0.05) is 33.6 Å². The minimum absolute atomic E-state index is 0.271. The van der Waals surface area contributed by atoms with Crippen LogP contribution in [0.3, 0.4) is 0 Å². The van der Waals surface area contributed by atoms with E-state index < -0.39 is 18.1 Å². The lowest BCUT2D eigenvalue weighted by atomic mass is 10.1. The van der Waals surface area contributed by atoms with Gasteiger partial charge in [-0.05, 0) is 19.3 Å². The van der Waals surface area contributed by atoms with Gasteiger partial charge in [0.25, 0.3) is 0 Å². The molecule has 0 radical (unpaired) electrons. The summed E-state index contributed by atoms with van der Waals surface area (Å²) in [6.45, 7) is 8.32. The van der Waals surface area contributed by atoms with Crippen LogP contribution in [-0.2, 0) is 14.3 Å². The molecule has 0 spiro atoms. The first-order valence-corrected chi connectivity index (χ1v) is 6.61. The van der Waals surface area contributed by atoms with E-state index in [1.807, 2.05) is 20.8 Å². The molecule has 1 unspecified atom stereocenters. The molecule has 1 N–H and O–H groups in total. The van der Waals surface area contributed by atoms with Crippen molar-refractivity contribution in [1.29, 1.82) is 0 Å². The van der Waals surface area contributed by atoms with Gasteiger partial charge in [0.15, 0.2) is 0 Å². The molecule has 18 heavy (non-hydrogen) atoms. The largest absolute Gasteiger partial charge is 0.464 e. The molecule has 1 atom stereocenters. The number of rotatable bonds is 8. The van der Waals surface area contributed by atoms with Crippen LogP contribution in [0.1, 0.15) is 47.0 Å². The Balaban J connectivity index is 4.21. The zero-order valence-corrected chi connectivity index (χ0v) is 11.8. The number of amides is 1. The van der Waals surface area contributed by atoms with Crippen molar-refractivity contribution in [3.05, 3.63) is 0 Å². The Labute approximate surface area is 109 Å². The summed E-state index contributed by atoms with van der Waals surface area (Å²) in [7, 11) is 0. The number of ether oxygens (including phenoxy) is 2. The Morgan fingerprint density at radius 1 is 1.17 bits per heavy atom. The van der Waals surface area contributed by atoms with Gasteiger partial charge in [0.1, 0.15) is 6.04 Å². The van der Waals surface area contributed by atoms with Crippen LogP contribution in [0.5, 0.6) is 0 Å². The molecule has 0 aromatic rings. The maximum absolute atomic E-state index is 11.6. The Kier molecular flexibility index (Phi) is 9.06. The summed E-state index contributed by atoms with van der Waals surface area (Å²) in [4.78, 5) is 23.1. The minimum atomic E-state index is -0.607. The first-order valence-electron chi connectivity index (χ1n) is 6.61. The second-order valence-corrected chi connectivity index (χ2v) is 4.58. The van der Waals surface area contributed by atoms with Crippen molar-refractivity contribution >= 4 is 12.1 Å². The number of hydrogen-bond donors (Lipinski definition) is 1. The summed E-state index contributed by atoms with van der Waals surface area (Å²) in [5, 5.41) is 2.56. The number of nitrogens with one attached hydrogen (secondary N) is 1. The topological polar surface area (TPSA) is 64.6 Å². The third-order valence-electron chi connectivity index (χ3n) is 2.26. The van der Waals surface area contributed by atoms with E-state index in [1.54, 1.807) is 6.92 Å². The van der Waals surface area contributed by atoms with E-state index in [2.05, 4.69) is 5.32 Å². The van der Waals surface area contributed by atoms with E-state index in [1.165, 1.54) is 0 Å². The van der Waals surface area contributed by atoms with E-state index in [0.29, 0.717) is 19.6 Å². The zero-order valence-electron chi connectivity index (χ0n) is 11.8. The van der Waals surface area contributed by atoms with Crippen LogP contribution in [-0.4, -0.2) is 31.3 Å². The standard InChI is InChI=1S/C13H25NO4/c1-5-7-8-11(12(15)17-6-2)14-13(16)18-9-10(3)4/h10-11H,5-9H2,1-4H3,(H,14,16). The van der Waals surface area contributed by atoms with E-state index in [9.17, 15) is 9.59 Å². The number of esters is 1. The smallest absolute Gasteiger partial charge is 0.407 e. The molecule has 0 aromatic carbocycles. The van der Waals surface area contributed by atoms with E-state index in [-0.39, 0.29) is 5.92 Å². The van der Waals surface area contributed by atoms with Gasteiger partial charge in [-0.3, -0.25) is 0 Å². The molecule has 0 saturated heterocycles. The van der Waals surface area contributed by atoms with Gasteiger partial charge in [-0.2, -0.15) is 0 Å². The molecule has 0 aliphatic rings. The maximum atomic E-state index is 11.6. The third kappa shape index (κ3) is 7.92. The molecule has 0 bridgehead atoms. The highest BCUT2D eigenvalue weighted by atomic mass is 16.6. The van der Waals surface area contributed by atoms with Gasteiger partial charge in [0.05, 0.1) is 13.2 Å². The van der Waals surface area contributed by atoms with Gasteiger partial charge < -0.3 is 14.8 Å². The van der Waals surface area contributed by atoms with Crippen LogP contribution in [0.25, 0.3) is 0 Å². The fourth-order valence-corrected chi connectivity index (χ4v) is 1.33. The van der Waals surface area contributed by atoms with Crippen LogP contribution in [0.4, 0.5) is 4.79 Å². The van der Waals surface area contributed by atoms with Crippen molar-refractivity contribution in [3.8, 4) is 0 Å². The first kappa shape index (κ1) is 16.7. The van der Waals surface area contributed by atoms with Crippen LogP contribution in [0.15, 0.2) is 0 Å². The van der Waals surface area contributed by atoms with Crippen LogP contribution >= 0.6 is 0 Å². The van der Waals surface area contributed by atoms with Crippen LogP contribution in [0.2, 0.25) is 0 Å². The van der Waals surface area contributed by atoms with E-state index >= 15 is 0 Å². The van der Waals surface area contributed by atoms with Gasteiger partial charge in [0, 0.05) is 0 Å². The third-order valence-corrected chi connectivity index (χ3v) is 2.26. The lowest BCUT2D eigenvalue weighted by Crippen LogP contribution is -2.42. The fourth-order valence-electron chi connectivity index (χ4n) is 1.33. The van der Waals surface area contributed by atoms with Crippen LogP contribution < -0.4 is 5.32 Å². The lowest BCUT2D eigenvalue weighted by molar-refractivity contribution is -0.145. The highest BCUT2D eigenvalue weighted by Crippen LogP contribution is 2.04. The van der Waals surface area contributed by atoms with Crippen molar-refractivity contribution in [2.45, 2.75) is 53.0 Å². The van der Waals surface area contributed by atoms with E-state index in [0.717, 1.165) is 12.8 Å². The number of unbranched alkanes of at least 4 members (excludes halogenated alkanes) is 1. The minimum Gasteiger partial charge on any atom is -0.464 e. The van der Waals surface area contributed by atoms with Gasteiger partial charge in [0.2, 0.25) is 0 Å². The highest BCUT2D eigenvalue weighted by Gasteiger charge is 2.22. The van der Waals surface area contributed by atoms with Gasteiger partial charge >= 0.3 is 12.1 Å². The molecule has 0 aliphatic carbocycles. The van der Waals surface area contributed by atoms with Gasteiger partial charge in [-0.15, -0.1) is 0 Å². The molecule has 0 rings (SSSR count). The molecule has 5 nitrogen and oxygen atoms in total. The average Bonchev–Trinajstić information content (AvgIpc) is 2.32. The number of carbonyl (C=O) groups excluding carboxylic acids is 2. The van der Waals surface area contributed by atoms with Gasteiger partial charge in [-0.25, -0.2) is 9.59 Å². The predicted octanol–water partition coefficient (Wildman–Crippen LogP) is 2.49. The van der Waals surface area contributed by atoms with E-state index in [4.69, 9.17) is 9.47 Å². The Morgan fingerprint density at radius 3 is 2.33 bits per heavy atom. The quantitative estimate of drug-likeness (QED) is 0.680. The highest BCUT2D eigenvalue weighted by molar-refractivity contribution is 5.81. The Hall–Kier alpha value is -1.26. The lowest BCUT2D eigenvalue weighted by Gasteiger charge is -2.17. The molecule has 1 amide bonds. The maximum Gasteiger partial charge on any atom is 0.407 e. The van der Waals surface area contributed by atoms with Crippen molar-refractivity contribution in [2.75, 3.05) is 13.2 Å². The molecule has 0 fully saturated rings. The summed E-state index contributed by atoms with van der Waals surface area (Å²) < 4.78 is 9.90. The van der Waals surface area contributed by atoms with Crippen LogP contribution in [0, 0.1) is 5.92 Å². The summed E-state index contributed by atoms with van der Waals surface area (Å²) in [5.74, 6) is -0.125. The fraction of sp³-hybridized carbons (Fsp3) is 0.846. The molecule has 0 heterocycles. The molecule has 5 heteroatoms. The molecule has 0 saturated carbocycles.